The first-order valence-corrected chi connectivity index (χ1v) is 6.92. The number of hydrogen-bond acceptors (Lipinski definition) is 3. The molecule has 1 atom stereocenters. The van der Waals surface area contributed by atoms with Crippen LogP contribution < -0.4 is 4.72 Å². The summed E-state index contributed by atoms with van der Waals surface area (Å²) in [7, 11) is -3.29. The Kier molecular flexibility index (Phi) is 5.23. The van der Waals surface area contributed by atoms with Gasteiger partial charge in [-0.05, 0) is 33.1 Å². The highest BCUT2D eigenvalue weighted by atomic mass is 32.2. The topological polar surface area (TPSA) is 66.4 Å². The molecule has 1 unspecified atom stereocenters. The third kappa shape index (κ3) is 6.12. The van der Waals surface area contributed by atoms with Crippen LogP contribution in [0.25, 0.3) is 0 Å². The van der Waals surface area contributed by atoms with E-state index in [1.54, 1.807) is 20.8 Å². The molecule has 2 N–H and O–H groups in total. The van der Waals surface area contributed by atoms with E-state index in [0.717, 1.165) is 0 Å². The lowest BCUT2D eigenvalue weighted by molar-refractivity contribution is 0.111. The van der Waals surface area contributed by atoms with Gasteiger partial charge in [0.05, 0.1) is 17.4 Å². The summed E-state index contributed by atoms with van der Waals surface area (Å²) < 4.78 is 25.8. The second-order valence-electron chi connectivity index (χ2n) is 5.00. The molecule has 0 aliphatic carbocycles. The van der Waals surface area contributed by atoms with Crippen molar-refractivity contribution < 1.29 is 13.5 Å². The first-order valence-electron chi connectivity index (χ1n) is 5.26. The average molecular weight is 237 g/mol. The molecule has 92 valence electrons. The van der Waals surface area contributed by atoms with E-state index < -0.39 is 21.7 Å². The summed E-state index contributed by atoms with van der Waals surface area (Å²) in [5.74, 6) is 0.470. The fourth-order valence-electron chi connectivity index (χ4n) is 0.928. The number of nitrogens with one attached hydrogen (secondary N) is 1. The molecule has 0 aromatic heterocycles. The van der Waals surface area contributed by atoms with Crippen LogP contribution in [0.4, 0.5) is 0 Å². The fraction of sp³-hybridized carbons (Fsp3) is 1.00. The van der Waals surface area contributed by atoms with Crippen LogP contribution in [0.1, 0.15) is 41.0 Å². The van der Waals surface area contributed by atoms with Crippen molar-refractivity contribution in [2.45, 2.75) is 52.7 Å². The third-order valence-corrected chi connectivity index (χ3v) is 4.04. The second-order valence-corrected chi connectivity index (χ2v) is 6.84. The highest BCUT2D eigenvalue weighted by Gasteiger charge is 2.29. The van der Waals surface area contributed by atoms with Gasteiger partial charge in [-0.3, -0.25) is 0 Å². The van der Waals surface area contributed by atoms with Crippen molar-refractivity contribution in [2.75, 3.05) is 5.75 Å². The van der Waals surface area contributed by atoms with Crippen molar-refractivity contribution in [3.05, 3.63) is 0 Å². The summed E-state index contributed by atoms with van der Waals surface area (Å²) in [4.78, 5) is 0. The summed E-state index contributed by atoms with van der Waals surface area (Å²) in [5, 5.41) is 9.39. The zero-order chi connectivity index (χ0) is 12.3. The predicted octanol–water partition coefficient (Wildman–Crippen LogP) is 1.11. The molecule has 0 saturated heterocycles. The van der Waals surface area contributed by atoms with Gasteiger partial charge < -0.3 is 5.11 Å². The second kappa shape index (κ2) is 5.27. The van der Waals surface area contributed by atoms with Gasteiger partial charge in [0.15, 0.2) is 0 Å². The molecule has 0 saturated carbocycles. The van der Waals surface area contributed by atoms with Gasteiger partial charge >= 0.3 is 0 Å². The van der Waals surface area contributed by atoms with Crippen LogP contribution in [-0.2, 0) is 10.0 Å². The molecule has 0 bridgehead atoms. The molecule has 0 aliphatic rings. The monoisotopic (exact) mass is 237 g/mol. The molecule has 0 rings (SSSR count). The highest BCUT2D eigenvalue weighted by molar-refractivity contribution is 7.89. The van der Waals surface area contributed by atoms with E-state index in [9.17, 15) is 13.5 Å². The van der Waals surface area contributed by atoms with Gasteiger partial charge in [0.2, 0.25) is 10.0 Å². The molecule has 15 heavy (non-hydrogen) atoms. The molecule has 4 nitrogen and oxygen atoms in total. The molecular formula is C10H23NO3S. The van der Waals surface area contributed by atoms with Crippen LogP contribution in [0.5, 0.6) is 0 Å². The third-order valence-electron chi connectivity index (χ3n) is 2.43. The normalized spacial score (nSPS) is 15.7. The predicted molar refractivity (Wildman–Crippen MR) is 62.1 cm³/mol. The van der Waals surface area contributed by atoms with Crippen molar-refractivity contribution in [3.63, 3.8) is 0 Å². The number of sulfonamides is 1. The molecule has 0 amide bonds. The molecule has 0 radical (unpaired) electrons. The zero-order valence-electron chi connectivity index (χ0n) is 10.2. The van der Waals surface area contributed by atoms with Gasteiger partial charge in [0.1, 0.15) is 0 Å². The number of rotatable bonds is 6. The van der Waals surface area contributed by atoms with Crippen LogP contribution in [0.15, 0.2) is 0 Å². The van der Waals surface area contributed by atoms with Crippen molar-refractivity contribution in [1.82, 2.24) is 4.72 Å². The molecular weight excluding hydrogens is 214 g/mol. The first-order chi connectivity index (χ1) is 6.57. The Labute approximate surface area is 93.1 Å². The van der Waals surface area contributed by atoms with E-state index >= 15 is 0 Å². The van der Waals surface area contributed by atoms with Gasteiger partial charge in [-0.1, -0.05) is 13.8 Å². The standard InChI is InChI=1S/C10H23NO3S/c1-8(2)6-7-15(13,14)11-10(4,5)9(3)12/h8-9,11-12H,6-7H2,1-5H3. The van der Waals surface area contributed by atoms with Crippen LogP contribution in [-0.4, -0.2) is 30.9 Å². The average Bonchev–Trinajstić information content (AvgIpc) is 1.99. The Hall–Kier alpha value is -0.130. The van der Waals surface area contributed by atoms with Crippen LogP contribution in [0, 0.1) is 5.92 Å². The number of aliphatic hydroxyl groups excluding tert-OH is 1. The van der Waals surface area contributed by atoms with Crippen LogP contribution in [0.2, 0.25) is 0 Å². The van der Waals surface area contributed by atoms with Gasteiger partial charge in [-0.25, -0.2) is 13.1 Å². The summed E-state index contributed by atoms with van der Waals surface area (Å²) in [5.41, 5.74) is -0.810. The summed E-state index contributed by atoms with van der Waals surface area (Å²) in [6.45, 7) is 8.88. The summed E-state index contributed by atoms with van der Waals surface area (Å²) in [6, 6.07) is 0. The van der Waals surface area contributed by atoms with E-state index in [1.807, 2.05) is 13.8 Å². The molecule has 5 heteroatoms. The van der Waals surface area contributed by atoms with Crippen LogP contribution >= 0.6 is 0 Å². The Balaban J connectivity index is 4.39. The largest absolute Gasteiger partial charge is 0.391 e. The van der Waals surface area contributed by atoms with Crippen molar-refractivity contribution in [3.8, 4) is 0 Å². The van der Waals surface area contributed by atoms with Gasteiger partial charge in [0.25, 0.3) is 0 Å². The SMILES string of the molecule is CC(C)CCS(=O)(=O)NC(C)(C)C(C)O. The molecule has 0 aliphatic heterocycles. The minimum absolute atomic E-state index is 0.112. The molecule has 0 aromatic rings. The Morgan fingerprint density at radius 2 is 1.73 bits per heavy atom. The first kappa shape index (κ1) is 14.9. The maximum Gasteiger partial charge on any atom is 0.212 e. The minimum atomic E-state index is -3.29. The summed E-state index contributed by atoms with van der Waals surface area (Å²) in [6.07, 6.45) is -0.0862. The lowest BCUT2D eigenvalue weighted by Gasteiger charge is -2.29. The quantitative estimate of drug-likeness (QED) is 0.727. The van der Waals surface area contributed by atoms with Crippen molar-refractivity contribution in [1.29, 1.82) is 0 Å². The van der Waals surface area contributed by atoms with E-state index in [4.69, 9.17) is 0 Å². The Morgan fingerprint density at radius 3 is 2.07 bits per heavy atom. The summed E-state index contributed by atoms with van der Waals surface area (Å²) >= 11 is 0. The van der Waals surface area contributed by atoms with Crippen LogP contribution in [0.3, 0.4) is 0 Å². The fourth-order valence-corrected chi connectivity index (χ4v) is 2.78. The maximum absolute atomic E-state index is 11.6. The van der Waals surface area contributed by atoms with Gasteiger partial charge in [-0.15, -0.1) is 0 Å². The smallest absolute Gasteiger partial charge is 0.212 e. The van der Waals surface area contributed by atoms with Crippen molar-refractivity contribution >= 4 is 10.0 Å². The zero-order valence-corrected chi connectivity index (χ0v) is 11.1. The van der Waals surface area contributed by atoms with Gasteiger partial charge in [-0.2, -0.15) is 0 Å². The lowest BCUT2D eigenvalue weighted by Crippen LogP contribution is -2.51. The van der Waals surface area contributed by atoms with E-state index in [1.165, 1.54) is 0 Å². The highest BCUT2D eigenvalue weighted by Crippen LogP contribution is 2.11. The molecule has 0 spiro atoms. The van der Waals surface area contributed by atoms with E-state index in [2.05, 4.69) is 4.72 Å². The molecule has 0 heterocycles. The van der Waals surface area contributed by atoms with Crippen molar-refractivity contribution in [2.24, 2.45) is 5.92 Å². The lowest BCUT2D eigenvalue weighted by atomic mass is 10.0. The van der Waals surface area contributed by atoms with Gasteiger partial charge in [0, 0.05) is 0 Å². The van der Waals surface area contributed by atoms with E-state index in [-0.39, 0.29) is 5.75 Å². The Morgan fingerprint density at radius 1 is 1.27 bits per heavy atom. The minimum Gasteiger partial charge on any atom is -0.391 e. The number of hydrogen-bond donors (Lipinski definition) is 2. The maximum atomic E-state index is 11.6. The Bertz CT molecular complexity index is 281. The molecule has 0 aromatic carbocycles. The molecule has 0 fully saturated rings. The van der Waals surface area contributed by atoms with E-state index in [0.29, 0.717) is 12.3 Å². The number of aliphatic hydroxyl groups is 1.